The van der Waals surface area contributed by atoms with E-state index in [0.29, 0.717) is 5.02 Å². The van der Waals surface area contributed by atoms with Gasteiger partial charge in [-0.25, -0.2) is 9.37 Å². The van der Waals surface area contributed by atoms with Gasteiger partial charge < -0.3 is 4.90 Å². The molecule has 1 aromatic carbocycles. The molecule has 18 heavy (non-hydrogen) atoms. The number of benzene rings is 1. The zero-order chi connectivity index (χ0) is 13.3. The molecule has 2 rings (SSSR count). The van der Waals surface area contributed by atoms with Crippen LogP contribution < -0.4 is 4.90 Å². The first-order chi connectivity index (χ1) is 8.49. The van der Waals surface area contributed by atoms with Crippen molar-refractivity contribution < 1.29 is 4.39 Å². The second-order valence-corrected chi connectivity index (χ2v) is 4.74. The van der Waals surface area contributed by atoms with Crippen LogP contribution in [0.25, 0.3) is 0 Å². The summed E-state index contributed by atoms with van der Waals surface area (Å²) in [5, 5.41) is 0.297. The maximum absolute atomic E-state index is 13.8. The van der Waals surface area contributed by atoms with Crippen LogP contribution in [0, 0.1) is 19.7 Å². The number of aryl methyl sites for hydroxylation is 2. The van der Waals surface area contributed by atoms with Gasteiger partial charge in [-0.05, 0) is 31.5 Å². The Labute approximate surface area is 111 Å². The molecule has 1 aromatic heterocycles. The Morgan fingerprint density at radius 1 is 1.22 bits per heavy atom. The van der Waals surface area contributed by atoms with Crippen LogP contribution >= 0.6 is 11.6 Å². The SMILES string of the molecule is Cc1ccc(N(C)c2ncc(Cl)cc2F)c(C)c1. The summed E-state index contributed by atoms with van der Waals surface area (Å²) < 4.78 is 13.8. The molecule has 0 aliphatic heterocycles. The van der Waals surface area contributed by atoms with Crippen LogP contribution in [0.15, 0.2) is 30.5 Å². The zero-order valence-electron chi connectivity index (χ0n) is 10.5. The van der Waals surface area contributed by atoms with E-state index in [-0.39, 0.29) is 5.82 Å². The van der Waals surface area contributed by atoms with Crippen molar-refractivity contribution >= 4 is 23.1 Å². The fraction of sp³-hybridized carbons (Fsp3) is 0.214. The molecule has 0 aliphatic rings. The molecule has 0 aliphatic carbocycles. The number of aromatic nitrogens is 1. The zero-order valence-corrected chi connectivity index (χ0v) is 11.3. The molecule has 2 nitrogen and oxygen atoms in total. The van der Waals surface area contributed by atoms with Gasteiger partial charge in [0.2, 0.25) is 0 Å². The number of anilines is 2. The second-order valence-electron chi connectivity index (χ2n) is 4.31. The molecule has 94 valence electrons. The van der Waals surface area contributed by atoms with E-state index in [4.69, 9.17) is 11.6 Å². The second kappa shape index (κ2) is 4.94. The summed E-state index contributed by atoms with van der Waals surface area (Å²) in [7, 11) is 1.79. The summed E-state index contributed by atoms with van der Waals surface area (Å²) in [5.41, 5.74) is 3.18. The Balaban J connectivity index is 2.44. The van der Waals surface area contributed by atoms with Gasteiger partial charge in [-0.3, -0.25) is 0 Å². The fourth-order valence-corrected chi connectivity index (χ4v) is 2.09. The molecular weight excluding hydrogens is 251 g/mol. The molecule has 4 heteroatoms. The third-order valence-corrected chi connectivity index (χ3v) is 3.03. The minimum atomic E-state index is -0.426. The largest absolute Gasteiger partial charge is 0.327 e. The van der Waals surface area contributed by atoms with Gasteiger partial charge in [0.25, 0.3) is 0 Å². The van der Waals surface area contributed by atoms with E-state index in [2.05, 4.69) is 11.1 Å². The first kappa shape index (κ1) is 12.8. The fourth-order valence-electron chi connectivity index (χ4n) is 1.95. The minimum Gasteiger partial charge on any atom is -0.327 e. The van der Waals surface area contributed by atoms with E-state index >= 15 is 0 Å². The lowest BCUT2D eigenvalue weighted by Gasteiger charge is -2.21. The van der Waals surface area contributed by atoms with Crippen LogP contribution in [0.3, 0.4) is 0 Å². The molecule has 0 unspecified atom stereocenters. The Morgan fingerprint density at radius 2 is 1.94 bits per heavy atom. The van der Waals surface area contributed by atoms with Gasteiger partial charge in [-0.15, -0.1) is 0 Å². The summed E-state index contributed by atoms with van der Waals surface area (Å²) in [5.74, 6) is -0.156. The van der Waals surface area contributed by atoms with Crippen LogP contribution in [0.4, 0.5) is 15.9 Å². The Kier molecular flexibility index (Phi) is 3.53. The molecular formula is C14H14ClFN2. The third kappa shape index (κ3) is 2.46. The van der Waals surface area contributed by atoms with Gasteiger partial charge in [-0.2, -0.15) is 0 Å². The molecule has 0 fully saturated rings. The standard InChI is InChI=1S/C14H14ClFN2/c1-9-4-5-13(10(2)6-9)18(3)14-12(16)7-11(15)8-17-14/h4-8H,1-3H3. The maximum Gasteiger partial charge on any atom is 0.169 e. The quantitative estimate of drug-likeness (QED) is 0.806. The van der Waals surface area contributed by atoms with Crippen LogP contribution in [-0.4, -0.2) is 12.0 Å². The minimum absolute atomic E-state index is 0.270. The van der Waals surface area contributed by atoms with Crippen molar-refractivity contribution in [3.63, 3.8) is 0 Å². The first-order valence-electron chi connectivity index (χ1n) is 5.61. The Morgan fingerprint density at radius 3 is 2.56 bits per heavy atom. The van der Waals surface area contributed by atoms with Crippen molar-refractivity contribution in [2.75, 3.05) is 11.9 Å². The first-order valence-corrected chi connectivity index (χ1v) is 5.99. The summed E-state index contributed by atoms with van der Waals surface area (Å²) in [4.78, 5) is 5.76. The lowest BCUT2D eigenvalue weighted by Crippen LogP contribution is -2.14. The maximum atomic E-state index is 13.8. The average Bonchev–Trinajstić information content (AvgIpc) is 2.28. The lowest BCUT2D eigenvalue weighted by molar-refractivity contribution is 0.621. The highest BCUT2D eigenvalue weighted by Gasteiger charge is 2.13. The van der Waals surface area contributed by atoms with Gasteiger partial charge >= 0.3 is 0 Å². The van der Waals surface area contributed by atoms with E-state index in [9.17, 15) is 4.39 Å². The van der Waals surface area contributed by atoms with E-state index in [1.807, 2.05) is 26.0 Å². The predicted molar refractivity (Wildman–Crippen MR) is 73.2 cm³/mol. The average molecular weight is 265 g/mol. The Hall–Kier alpha value is -1.61. The predicted octanol–water partition coefficient (Wildman–Crippen LogP) is 4.26. The summed E-state index contributed by atoms with van der Waals surface area (Å²) in [6.45, 7) is 4.02. The molecule has 0 N–H and O–H groups in total. The summed E-state index contributed by atoms with van der Waals surface area (Å²) in [6, 6.07) is 7.27. The molecule has 0 bridgehead atoms. The van der Waals surface area contributed by atoms with E-state index in [1.165, 1.54) is 17.8 Å². The number of nitrogens with zero attached hydrogens (tertiary/aromatic N) is 2. The molecule has 0 amide bonds. The summed E-state index contributed by atoms with van der Waals surface area (Å²) in [6.07, 6.45) is 1.44. The van der Waals surface area contributed by atoms with Gasteiger partial charge in [0.1, 0.15) is 0 Å². The van der Waals surface area contributed by atoms with Crippen molar-refractivity contribution in [3.05, 3.63) is 52.4 Å². The van der Waals surface area contributed by atoms with Crippen molar-refractivity contribution in [1.82, 2.24) is 4.98 Å². The highest BCUT2D eigenvalue weighted by Crippen LogP contribution is 2.28. The van der Waals surface area contributed by atoms with Crippen LogP contribution in [0.2, 0.25) is 5.02 Å². The smallest absolute Gasteiger partial charge is 0.169 e. The molecule has 2 aromatic rings. The van der Waals surface area contributed by atoms with Crippen LogP contribution in [0.1, 0.15) is 11.1 Å². The normalized spacial score (nSPS) is 10.5. The molecule has 1 heterocycles. The van der Waals surface area contributed by atoms with E-state index in [1.54, 1.807) is 11.9 Å². The van der Waals surface area contributed by atoms with Gasteiger partial charge in [0, 0.05) is 18.9 Å². The topological polar surface area (TPSA) is 16.1 Å². The van der Waals surface area contributed by atoms with Gasteiger partial charge in [0.05, 0.1) is 5.02 Å². The molecule has 0 atom stereocenters. The Bertz CT molecular complexity index is 533. The van der Waals surface area contributed by atoms with E-state index < -0.39 is 5.82 Å². The number of rotatable bonds is 2. The number of halogens is 2. The van der Waals surface area contributed by atoms with E-state index in [0.717, 1.165) is 11.3 Å². The van der Waals surface area contributed by atoms with Crippen molar-refractivity contribution in [2.24, 2.45) is 0 Å². The third-order valence-electron chi connectivity index (χ3n) is 2.82. The van der Waals surface area contributed by atoms with Crippen LogP contribution in [-0.2, 0) is 0 Å². The molecule has 0 saturated carbocycles. The molecule has 0 saturated heterocycles. The van der Waals surface area contributed by atoms with Crippen molar-refractivity contribution in [3.8, 4) is 0 Å². The van der Waals surface area contributed by atoms with Gasteiger partial charge in [-0.1, -0.05) is 29.3 Å². The van der Waals surface area contributed by atoms with Crippen molar-refractivity contribution in [2.45, 2.75) is 13.8 Å². The highest BCUT2D eigenvalue weighted by atomic mass is 35.5. The monoisotopic (exact) mass is 264 g/mol. The molecule has 0 spiro atoms. The number of pyridine rings is 1. The number of hydrogen-bond acceptors (Lipinski definition) is 2. The van der Waals surface area contributed by atoms with Crippen molar-refractivity contribution in [1.29, 1.82) is 0 Å². The number of hydrogen-bond donors (Lipinski definition) is 0. The highest BCUT2D eigenvalue weighted by molar-refractivity contribution is 6.30. The van der Waals surface area contributed by atoms with Gasteiger partial charge in [0.15, 0.2) is 11.6 Å². The lowest BCUT2D eigenvalue weighted by atomic mass is 10.1. The summed E-state index contributed by atoms with van der Waals surface area (Å²) >= 11 is 5.70. The van der Waals surface area contributed by atoms with Crippen LogP contribution in [0.5, 0.6) is 0 Å². The molecule has 0 radical (unpaired) electrons.